The SMILES string of the molecule is CC(=O)N1CCC(c2cnc3nc(C)nc(N[C@H](C)c4cccc(C(F)(F)CO)c4F)c3c2)CC1. The van der Waals surface area contributed by atoms with Crippen LogP contribution in [-0.4, -0.2) is 50.6 Å². The molecule has 0 unspecified atom stereocenters. The molecule has 1 aliphatic heterocycles. The van der Waals surface area contributed by atoms with Crippen LogP contribution in [0.1, 0.15) is 61.2 Å². The summed E-state index contributed by atoms with van der Waals surface area (Å²) in [6.45, 7) is 4.81. The summed E-state index contributed by atoms with van der Waals surface area (Å²) < 4.78 is 43.0. The fourth-order valence-electron chi connectivity index (χ4n) is 4.53. The minimum absolute atomic E-state index is 0.0285. The minimum Gasteiger partial charge on any atom is -0.390 e. The van der Waals surface area contributed by atoms with Crippen molar-refractivity contribution in [2.24, 2.45) is 0 Å². The van der Waals surface area contributed by atoms with Crippen LogP contribution in [0.3, 0.4) is 0 Å². The Morgan fingerprint density at radius 2 is 2.00 bits per heavy atom. The Morgan fingerprint density at radius 1 is 1.29 bits per heavy atom. The second-order valence-corrected chi connectivity index (χ2v) is 8.98. The molecule has 1 amide bonds. The molecule has 2 N–H and O–H groups in total. The summed E-state index contributed by atoms with van der Waals surface area (Å²) in [5, 5.41) is 12.8. The summed E-state index contributed by atoms with van der Waals surface area (Å²) in [5.74, 6) is -3.58. The number of nitrogens with one attached hydrogen (secondary N) is 1. The minimum atomic E-state index is -3.69. The molecule has 1 fully saturated rings. The van der Waals surface area contributed by atoms with E-state index in [4.69, 9.17) is 5.11 Å². The zero-order chi connectivity index (χ0) is 25.3. The van der Waals surface area contributed by atoms with E-state index >= 15 is 0 Å². The molecular formula is C25H28F3N5O2. The highest BCUT2D eigenvalue weighted by atomic mass is 19.3. The van der Waals surface area contributed by atoms with Gasteiger partial charge in [0, 0.05) is 31.8 Å². The lowest BCUT2D eigenvalue weighted by atomic mass is 9.90. The Kier molecular flexibility index (Phi) is 6.93. The number of aliphatic hydroxyl groups excluding tert-OH is 1. The highest BCUT2D eigenvalue weighted by Gasteiger charge is 2.35. The van der Waals surface area contributed by atoms with E-state index in [9.17, 15) is 18.0 Å². The van der Waals surface area contributed by atoms with Gasteiger partial charge in [0.15, 0.2) is 5.65 Å². The predicted octanol–water partition coefficient (Wildman–Crippen LogP) is 4.46. The van der Waals surface area contributed by atoms with Gasteiger partial charge in [0.25, 0.3) is 5.92 Å². The van der Waals surface area contributed by atoms with E-state index in [0.29, 0.717) is 35.8 Å². The molecule has 186 valence electrons. The second kappa shape index (κ2) is 9.77. The number of fused-ring (bicyclic) bond motifs is 1. The van der Waals surface area contributed by atoms with Gasteiger partial charge in [0.1, 0.15) is 24.1 Å². The number of hydrogen-bond donors (Lipinski definition) is 2. The highest BCUT2D eigenvalue weighted by molar-refractivity contribution is 5.87. The number of alkyl halides is 2. The van der Waals surface area contributed by atoms with Gasteiger partial charge in [-0.05, 0) is 50.3 Å². The van der Waals surface area contributed by atoms with Crippen molar-refractivity contribution in [3.05, 3.63) is 58.8 Å². The number of anilines is 1. The Labute approximate surface area is 201 Å². The number of aromatic nitrogens is 3. The fourth-order valence-corrected chi connectivity index (χ4v) is 4.53. The lowest BCUT2D eigenvalue weighted by molar-refractivity contribution is -0.129. The van der Waals surface area contributed by atoms with Crippen LogP contribution in [0.15, 0.2) is 30.5 Å². The number of rotatable bonds is 6. The Bertz CT molecular complexity index is 1250. The smallest absolute Gasteiger partial charge is 0.298 e. The largest absolute Gasteiger partial charge is 0.390 e. The number of aryl methyl sites for hydroxylation is 1. The lowest BCUT2D eigenvalue weighted by Crippen LogP contribution is -2.36. The molecule has 3 aromatic rings. The number of halogens is 3. The molecule has 4 rings (SSSR count). The van der Waals surface area contributed by atoms with Crippen LogP contribution in [0.25, 0.3) is 11.0 Å². The van der Waals surface area contributed by atoms with Gasteiger partial charge in [0.2, 0.25) is 5.91 Å². The van der Waals surface area contributed by atoms with Crippen LogP contribution in [0, 0.1) is 12.7 Å². The molecule has 7 nitrogen and oxygen atoms in total. The van der Waals surface area contributed by atoms with Gasteiger partial charge < -0.3 is 15.3 Å². The van der Waals surface area contributed by atoms with Crippen LogP contribution >= 0.6 is 0 Å². The zero-order valence-electron chi connectivity index (χ0n) is 19.9. The number of aliphatic hydroxyl groups is 1. The van der Waals surface area contributed by atoms with Crippen molar-refractivity contribution in [1.29, 1.82) is 0 Å². The number of likely N-dealkylation sites (tertiary alicyclic amines) is 1. The molecule has 35 heavy (non-hydrogen) atoms. The quantitative estimate of drug-likeness (QED) is 0.534. The van der Waals surface area contributed by atoms with Gasteiger partial charge in [-0.1, -0.05) is 12.1 Å². The van der Waals surface area contributed by atoms with Gasteiger partial charge in [0.05, 0.1) is 17.0 Å². The highest BCUT2D eigenvalue weighted by Crippen LogP contribution is 2.35. The van der Waals surface area contributed by atoms with Crippen LogP contribution in [-0.2, 0) is 10.7 Å². The van der Waals surface area contributed by atoms with Crippen LogP contribution in [0.4, 0.5) is 19.0 Å². The first-order valence-corrected chi connectivity index (χ1v) is 11.5. The monoisotopic (exact) mass is 487 g/mol. The number of carbonyl (C=O) groups excluding carboxylic acids is 1. The molecule has 2 aromatic heterocycles. The first kappa shape index (κ1) is 24.8. The number of carbonyl (C=O) groups is 1. The fraction of sp³-hybridized carbons (Fsp3) is 0.440. The third-order valence-electron chi connectivity index (χ3n) is 6.54. The number of hydrogen-bond acceptors (Lipinski definition) is 6. The maximum absolute atomic E-state index is 15.0. The van der Waals surface area contributed by atoms with Crippen LogP contribution in [0.2, 0.25) is 0 Å². The van der Waals surface area contributed by atoms with Gasteiger partial charge >= 0.3 is 0 Å². The lowest BCUT2D eigenvalue weighted by Gasteiger charge is -2.31. The molecule has 1 saturated heterocycles. The maximum atomic E-state index is 15.0. The van der Waals surface area contributed by atoms with Crippen molar-refractivity contribution in [3.63, 3.8) is 0 Å². The maximum Gasteiger partial charge on any atom is 0.298 e. The van der Waals surface area contributed by atoms with Gasteiger partial charge in [-0.25, -0.2) is 19.3 Å². The summed E-state index contributed by atoms with van der Waals surface area (Å²) in [6.07, 6.45) is 3.42. The Morgan fingerprint density at radius 3 is 2.66 bits per heavy atom. The van der Waals surface area contributed by atoms with Gasteiger partial charge in [-0.2, -0.15) is 8.78 Å². The summed E-state index contributed by atoms with van der Waals surface area (Å²) in [6, 6.07) is 4.99. The molecular weight excluding hydrogens is 459 g/mol. The Balaban J connectivity index is 1.65. The second-order valence-electron chi connectivity index (χ2n) is 8.98. The summed E-state index contributed by atoms with van der Waals surface area (Å²) in [4.78, 5) is 26.9. The van der Waals surface area contributed by atoms with E-state index in [1.165, 1.54) is 12.1 Å². The molecule has 3 heterocycles. The normalized spacial score (nSPS) is 15.9. The molecule has 0 spiro atoms. The zero-order valence-corrected chi connectivity index (χ0v) is 19.9. The van der Waals surface area contributed by atoms with E-state index in [0.717, 1.165) is 24.5 Å². The van der Waals surface area contributed by atoms with Crippen molar-refractivity contribution in [2.45, 2.75) is 51.5 Å². The standard InChI is InChI=1S/C25H28F3N5O2/c1-14(19-5-4-6-21(22(19)26)25(27,28)13-34)30-24-20-11-18(12-29-23(20)31-15(2)32-24)17-7-9-33(10-8-17)16(3)35/h4-6,11-12,14,17,34H,7-10,13H2,1-3H3,(H,29,30,31,32)/t14-/m1/s1. The first-order valence-electron chi connectivity index (χ1n) is 11.5. The number of piperidine rings is 1. The first-order chi connectivity index (χ1) is 16.6. The van der Waals surface area contributed by atoms with Crippen molar-refractivity contribution >= 4 is 22.8 Å². The number of benzene rings is 1. The van der Waals surface area contributed by atoms with Gasteiger partial charge in [-0.3, -0.25) is 4.79 Å². The molecule has 1 aromatic carbocycles. The topological polar surface area (TPSA) is 91.2 Å². The summed E-state index contributed by atoms with van der Waals surface area (Å²) >= 11 is 0. The average molecular weight is 488 g/mol. The number of nitrogens with zero attached hydrogens (tertiary/aromatic N) is 4. The number of amides is 1. The third kappa shape index (κ3) is 5.07. The average Bonchev–Trinajstić information content (AvgIpc) is 2.83. The molecule has 1 atom stereocenters. The predicted molar refractivity (Wildman–Crippen MR) is 126 cm³/mol. The van der Waals surface area contributed by atoms with E-state index in [1.807, 2.05) is 11.0 Å². The third-order valence-corrected chi connectivity index (χ3v) is 6.54. The van der Waals surface area contributed by atoms with Crippen LogP contribution in [0.5, 0.6) is 0 Å². The molecule has 1 aliphatic rings. The molecule has 0 radical (unpaired) electrons. The molecule has 0 bridgehead atoms. The van der Waals surface area contributed by atoms with Crippen molar-refractivity contribution in [3.8, 4) is 0 Å². The van der Waals surface area contributed by atoms with Crippen molar-refractivity contribution in [1.82, 2.24) is 19.9 Å². The van der Waals surface area contributed by atoms with E-state index in [1.54, 1.807) is 27.0 Å². The van der Waals surface area contributed by atoms with Gasteiger partial charge in [-0.15, -0.1) is 0 Å². The van der Waals surface area contributed by atoms with Crippen LogP contribution < -0.4 is 5.32 Å². The summed E-state index contributed by atoms with van der Waals surface area (Å²) in [7, 11) is 0. The molecule has 0 aliphatic carbocycles. The van der Waals surface area contributed by atoms with E-state index in [-0.39, 0.29) is 17.4 Å². The van der Waals surface area contributed by atoms with E-state index < -0.39 is 30.0 Å². The van der Waals surface area contributed by atoms with Crippen molar-refractivity contribution in [2.75, 3.05) is 25.0 Å². The van der Waals surface area contributed by atoms with E-state index in [2.05, 4.69) is 20.3 Å². The molecule has 10 heteroatoms. The molecule has 0 saturated carbocycles. The number of pyridine rings is 1. The summed E-state index contributed by atoms with van der Waals surface area (Å²) in [5.41, 5.74) is 0.647. The Hall–Kier alpha value is -3.27. The van der Waals surface area contributed by atoms with Crippen molar-refractivity contribution < 1.29 is 23.1 Å².